The fraction of sp³-hybridized carbons (Fsp3) is 0.571. The molecule has 0 bridgehead atoms. The molecule has 2 fully saturated rings. The van der Waals surface area contributed by atoms with E-state index in [9.17, 15) is 4.79 Å². The van der Waals surface area contributed by atoms with Crippen LogP contribution in [0.5, 0.6) is 11.5 Å². The predicted octanol–water partition coefficient (Wildman–Crippen LogP) is 0.735. The average Bonchev–Trinajstić information content (AvgIpc) is 2.88. The molecule has 1 aromatic rings. The Kier molecular flexibility index (Phi) is 3.83. The van der Waals surface area contributed by atoms with Gasteiger partial charge in [0.15, 0.2) is 11.5 Å². The van der Waals surface area contributed by atoms with E-state index in [1.807, 2.05) is 0 Å². The summed E-state index contributed by atoms with van der Waals surface area (Å²) in [4.78, 5) is 19.9. The molecule has 0 saturated carbocycles. The van der Waals surface area contributed by atoms with E-state index in [1.165, 1.54) is 0 Å². The highest BCUT2D eigenvalue weighted by molar-refractivity contribution is 5.70. The molecule has 2 aliphatic heterocycles. The van der Waals surface area contributed by atoms with Crippen molar-refractivity contribution in [2.24, 2.45) is 0 Å². The molecule has 2 saturated heterocycles. The first kappa shape index (κ1) is 13.9. The van der Waals surface area contributed by atoms with Gasteiger partial charge < -0.3 is 14.2 Å². The van der Waals surface area contributed by atoms with Crippen LogP contribution in [0, 0.1) is 0 Å². The van der Waals surface area contributed by atoms with Crippen molar-refractivity contribution in [3.8, 4) is 11.5 Å². The van der Waals surface area contributed by atoms with E-state index in [0.29, 0.717) is 31.2 Å². The second-order valence-corrected chi connectivity index (χ2v) is 5.15. The molecule has 0 radical (unpaired) electrons. The Morgan fingerprint density at radius 1 is 1.38 bits per heavy atom. The molecule has 3 heterocycles. The molecular formula is C14H19N3O4. The second kappa shape index (κ2) is 5.77. The Bertz CT molecular complexity index is 537. The number of carbonyl (C=O) groups is 1. The van der Waals surface area contributed by atoms with Gasteiger partial charge in [-0.15, -0.1) is 0 Å². The van der Waals surface area contributed by atoms with Crippen molar-refractivity contribution in [2.45, 2.75) is 12.6 Å². The van der Waals surface area contributed by atoms with Gasteiger partial charge >= 0.3 is 6.09 Å². The number of hydrogen-bond acceptors (Lipinski definition) is 6. The number of fused-ring (bicyclic) bond motifs is 1. The van der Waals surface area contributed by atoms with Crippen LogP contribution in [0.4, 0.5) is 4.79 Å². The van der Waals surface area contributed by atoms with Gasteiger partial charge in [0, 0.05) is 38.4 Å². The Hall–Kier alpha value is -2.02. The average molecular weight is 293 g/mol. The molecule has 0 unspecified atom stereocenters. The van der Waals surface area contributed by atoms with E-state index in [0.717, 1.165) is 18.8 Å². The third-order valence-corrected chi connectivity index (χ3v) is 3.94. The smallest absolute Gasteiger partial charge is 0.410 e. The molecule has 1 aromatic heterocycles. The number of amides is 1. The predicted molar refractivity (Wildman–Crippen MR) is 74.5 cm³/mol. The maximum absolute atomic E-state index is 11.5. The van der Waals surface area contributed by atoms with Gasteiger partial charge in [-0.25, -0.2) is 4.79 Å². The lowest BCUT2D eigenvalue weighted by atomic mass is 10.2. The summed E-state index contributed by atoms with van der Waals surface area (Å²) in [7, 11) is 3.23. The number of pyridine rings is 1. The van der Waals surface area contributed by atoms with Gasteiger partial charge in [0.05, 0.1) is 20.3 Å². The number of carbonyl (C=O) groups excluding carboxylic acids is 1. The van der Waals surface area contributed by atoms with Crippen molar-refractivity contribution in [1.82, 2.24) is 14.8 Å². The Labute approximate surface area is 123 Å². The van der Waals surface area contributed by atoms with Crippen molar-refractivity contribution in [3.05, 3.63) is 18.0 Å². The lowest BCUT2D eigenvalue weighted by Gasteiger charge is -2.35. The van der Waals surface area contributed by atoms with Crippen molar-refractivity contribution >= 4 is 6.09 Å². The lowest BCUT2D eigenvalue weighted by Crippen LogP contribution is -2.51. The summed E-state index contributed by atoms with van der Waals surface area (Å²) in [6, 6.07) is 1.92. The van der Waals surface area contributed by atoms with E-state index in [4.69, 9.17) is 14.2 Å². The number of cyclic esters (lactones) is 1. The van der Waals surface area contributed by atoms with Crippen molar-refractivity contribution < 1.29 is 19.0 Å². The highest BCUT2D eigenvalue weighted by atomic mass is 16.6. The summed E-state index contributed by atoms with van der Waals surface area (Å²) in [5.41, 5.74) is 0.843. The minimum atomic E-state index is -0.197. The molecular weight excluding hydrogens is 274 g/mol. The van der Waals surface area contributed by atoms with Crippen LogP contribution in [-0.2, 0) is 11.3 Å². The number of rotatable bonds is 4. The SMILES string of the molecule is COc1ccnc(CN2CCN3C(=O)OC[C@H]3C2)c1OC. The first-order chi connectivity index (χ1) is 10.2. The molecule has 0 aliphatic carbocycles. The Balaban J connectivity index is 1.71. The van der Waals surface area contributed by atoms with Gasteiger partial charge in [-0.3, -0.25) is 14.8 Å². The molecule has 1 atom stereocenters. The Morgan fingerprint density at radius 2 is 2.24 bits per heavy atom. The molecule has 2 aliphatic rings. The van der Waals surface area contributed by atoms with Crippen LogP contribution in [0.15, 0.2) is 12.3 Å². The van der Waals surface area contributed by atoms with Crippen LogP contribution in [0.25, 0.3) is 0 Å². The van der Waals surface area contributed by atoms with Gasteiger partial charge in [-0.1, -0.05) is 0 Å². The second-order valence-electron chi connectivity index (χ2n) is 5.15. The quantitative estimate of drug-likeness (QED) is 0.815. The third-order valence-electron chi connectivity index (χ3n) is 3.94. The summed E-state index contributed by atoms with van der Waals surface area (Å²) in [5.74, 6) is 1.35. The van der Waals surface area contributed by atoms with E-state index >= 15 is 0 Å². The zero-order valence-electron chi connectivity index (χ0n) is 12.2. The summed E-state index contributed by atoms with van der Waals surface area (Å²) in [5, 5.41) is 0. The largest absolute Gasteiger partial charge is 0.493 e. The molecule has 1 amide bonds. The molecule has 0 spiro atoms. The molecule has 114 valence electrons. The number of ether oxygens (including phenoxy) is 3. The summed E-state index contributed by atoms with van der Waals surface area (Å²) in [6.45, 7) is 3.41. The van der Waals surface area contributed by atoms with Gasteiger partial charge in [0.1, 0.15) is 12.3 Å². The van der Waals surface area contributed by atoms with E-state index in [-0.39, 0.29) is 12.1 Å². The van der Waals surface area contributed by atoms with Crippen LogP contribution < -0.4 is 9.47 Å². The first-order valence-corrected chi connectivity index (χ1v) is 6.94. The van der Waals surface area contributed by atoms with Crippen LogP contribution in [0.3, 0.4) is 0 Å². The highest BCUT2D eigenvalue weighted by Gasteiger charge is 2.37. The van der Waals surface area contributed by atoms with E-state index in [2.05, 4.69) is 9.88 Å². The van der Waals surface area contributed by atoms with Crippen molar-refractivity contribution in [2.75, 3.05) is 40.5 Å². The van der Waals surface area contributed by atoms with E-state index in [1.54, 1.807) is 31.4 Å². The van der Waals surface area contributed by atoms with Crippen LogP contribution in [0.1, 0.15) is 5.69 Å². The van der Waals surface area contributed by atoms with Gasteiger partial charge in [0.25, 0.3) is 0 Å². The molecule has 7 heteroatoms. The monoisotopic (exact) mass is 293 g/mol. The zero-order chi connectivity index (χ0) is 14.8. The first-order valence-electron chi connectivity index (χ1n) is 6.94. The third kappa shape index (κ3) is 2.61. The molecule has 21 heavy (non-hydrogen) atoms. The number of hydrogen-bond donors (Lipinski definition) is 0. The number of aromatic nitrogens is 1. The summed E-state index contributed by atoms with van der Waals surface area (Å²) >= 11 is 0. The van der Waals surface area contributed by atoms with Gasteiger partial charge in [0.2, 0.25) is 0 Å². The van der Waals surface area contributed by atoms with Crippen LogP contribution in [0.2, 0.25) is 0 Å². The number of nitrogens with zero attached hydrogens (tertiary/aromatic N) is 3. The molecule has 7 nitrogen and oxygen atoms in total. The summed E-state index contributed by atoms with van der Waals surface area (Å²) in [6.07, 6.45) is 1.52. The minimum absolute atomic E-state index is 0.142. The lowest BCUT2D eigenvalue weighted by molar-refractivity contribution is 0.114. The van der Waals surface area contributed by atoms with Crippen molar-refractivity contribution in [1.29, 1.82) is 0 Å². The molecule has 0 aromatic carbocycles. The normalized spacial score (nSPS) is 21.9. The summed E-state index contributed by atoms with van der Waals surface area (Å²) < 4.78 is 15.8. The van der Waals surface area contributed by atoms with Crippen LogP contribution in [-0.4, -0.2) is 67.4 Å². The Morgan fingerprint density at radius 3 is 3.00 bits per heavy atom. The molecule has 0 N–H and O–H groups in total. The number of methoxy groups -OCH3 is 2. The number of piperazine rings is 1. The fourth-order valence-corrected chi connectivity index (χ4v) is 2.87. The maximum atomic E-state index is 11.5. The molecule has 3 rings (SSSR count). The topological polar surface area (TPSA) is 64.1 Å². The standard InChI is InChI=1S/C14H19N3O4/c1-19-12-3-4-15-11(13(12)20-2)8-16-5-6-17-10(7-16)9-21-14(17)18/h3-4,10H,5-9H2,1-2H3/t10-/m1/s1. The van der Waals surface area contributed by atoms with Crippen LogP contribution >= 0.6 is 0 Å². The van der Waals surface area contributed by atoms with Crippen molar-refractivity contribution in [3.63, 3.8) is 0 Å². The van der Waals surface area contributed by atoms with Gasteiger partial charge in [-0.2, -0.15) is 0 Å². The van der Waals surface area contributed by atoms with Gasteiger partial charge in [-0.05, 0) is 0 Å². The van der Waals surface area contributed by atoms with E-state index < -0.39 is 0 Å². The fourth-order valence-electron chi connectivity index (χ4n) is 2.87. The highest BCUT2D eigenvalue weighted by Crippen LogP contribution is 2.30. The minimum Gasteiger partial charge on any atom is -0.493 e. The maximum Gasteiger partial charge on any atom is 0.410 e. The zero-order valence-corrected chi connectivity index (χ0v) is 12.2.